The molecule has 82 valence electrons. The van der Waals surface area contributed by atoms with Gasteiger partial charge in [0, 0.05) is 6.54 Å². The molecule has 1 aliphatic rings. The predicted molar refractivity (Wildman–Crippen MR) is 57.8 cm³/mol. The molecule has 0 amide bonds. The highest BCUT2D eigenvalue weighted by Crippen LogP contribution is 2.29. The summed E-state index contributed by atoms with van der Waals surface area (Å²) in [7, 11) is 1.50. The maximum atomic E-state index is 13.9. The molecule has 15 heavy (non-hydrogen) atoms. The van der Waals surface area contributed by atoms with E-state index in [1.54, 1.807) is 6.07 Å². The number of piperidine rings is 1. The number of hydrogen-bond donors (Lipinski definition) is 1. The smallest absolute Gasteiger partial charge is 0.168 e. The fraction of sp³-hybridized carbons (Fsp3) is 0.500. The van der Waals surface area contributed by atoms with Crippen molar-refractivity contribution < 1.29 is 9.13 Å². The lowest BCUT2D eigenvalue weighted by Crippen LogP contribution is -2.28. The first-order chi connectivity index (χ1) is 7.33. The minimum atomic E-state index is -0.200. The van der Waals surface area contributed by atoms with Crippen molar-refractivity contribution >= 4 is 0 Å². The van der Waals surface area contributed by atoms with E-state index in [2.05, 4.69) is 5.32 Å². The molecule has 1 heterocycles. The molecule has 0 aromatic heterocycles. The first-order valence-corrected chi connectivity index (χ1v) is 5.36. The molecule has 1 aliphatic heterocycles. The molecule has 1 atom stereocenters. The van der Waals surface area contributed by atoms with Crippen LogP contribution in [0.15, 0.2) is 18.2 Å². The van der Waals surface area contributed by atoms with E-state index in [1.165, 1.54) is 7.11 Å². The second-order valence-electron chi connectivity index (χ2n) is 3.91. The van der Waals surface area contributed by atoms with Crippen molar-refractivity contribution in [2.75, 3.05) is 20.2 Å². The van der Waals surface area contributed by atoms with Crippen LogP contribution in [0.2, 0.25) is 0 Å². The standard InChI is InChI=1S/C12H16FNO/c1-15-11-6-2-5-10(12(11)13)9-4-3-7-14-8-9/h2,5-6,9,14H,3-4,7-8H2,1H3/t9-/m0/s1. The number of methoxy groups -OCH3 is 1. The lowest BCUT2D eigenvalue weighted by atomic mass is 9.91. The van der Waals surface area contributed by atoms with Gasteiger partial charge in [-0.15, -0.1) is 0 Å². The van der Waals surface area contributed by atoms with E-state index in [0.29, 0.717) is 5.75 Å². The summed E-state index contributed by atoms with van der Waals surface area (Å²) in [6.07, 6.45) is 2.17. The van der Waals surface area contributed by atoms with Gasteiger partial charge in [-0.05, 0) is 36.9 Å². The Kier molecular flexibility index (Phi) is 3.21. The average Bonchev–Trinajstić information content (AvgIpc) is 2.30. The molecular formula is C12H16FNO. The van der Waals surface area contributed by atoms with Gasteiger partial charge in [0.2, 0.25) is 0 Å². The Bertz CT molecular complexity index is 334. The Morgan fingerprint density at radius 3 is 3.00 bits per heavy atom. The van der Waals surface area contributed by atoms with E-state index in [-0.39, 0.29) is 11.7 Å². The number of benzene rings is 1. The van der Waals surface area contributed by atoms with Crippen molar-refractivity contribution in [1.29, 1.82) is 0 Å². The van der Waals surface area contributed by atoms with Crippen LogP contribution >= 0.6 is 0 Å². The Morgan fingerprint density at radius 1 is 1.47 bits per heavy atom. The van der Waals surface area contributed by atoms with Crippen molar-refractivity contribution in [2.45, 2.75) is 18.8 Å². The second kappa shape index (κ2) is 4.62. The summed E-state index contributed by atoms with van der Waals surface area (Å²) in [5.74, 6) is 0.431. The van der Waals surface area contributed by atoms with Crippen LogP contribution in [0.1, 0.15) is 24.3 Å². The molecule has 1 saturated heterocycles. The Balaban J connectivity index is 2.26. The Labute approximate surface area is 89.4 Å². The third-order valence-electron chi connectivity index (χ3n) is 2.95. The number of nitrogens with one attached hydrogen (secondary N) is 1. The van der Waals surface area contributed by atoms with E-state index in [0.717, 1.165) is 31.5 Å². The summed E-state index contributed by atoms with van der Waals surface area (Å²) >= 11 is 0. The predicted octanol–water partition coefficient (Wildman–Crippen LogP) is 2.30. The third-order valence-corrected chi connectivity index (χ3v) is 2.95. The average molecular weight is 209 g/mol. The quantitative estimate of drug-likeness (QED) is 0.807. The third kappa shape index (κ3) is 2.12. The van der Waals surface area contributed by atoms with Gasteiger partial charge in [0.05, 0.1) is 7.11 Å². The van der Waals surface area contributed by atoms with Crippen molar-refractivity contribution in [3.05, 3.63) is 29.6 Å². The van der Waals surface area contributed by atoms with E-state index in [4.69, 9.17) is 4.74 Å². The molecule has 1 N–H and O–H groups in total. The first kappa shape index (κ1) is 10.4. The van der Waals surface area contributed by atoms with Crippen LogP contribution < -0.4 is 10.1 Å². The largest absolute Gasteiger partial charge is 0.494 e. The molecule has 0 radical (unpaired) electrons. The van der Waals surface area contributed by atoms with E-state index in [9.17, 15) is 4.39 Å². The lowest BCUT2D eigenvalue weighted by molar-refractivity contribution is 0.376. The van der Waals surface area contributed by atoms with Crippen LogP contribution in [-0.2, 0) is 0 Å². The highest BCUT2D eigenvalue weighted by atomic mass is 19.1. The van der Waals surface area contributed by atoms with Crippen LogP contribution in [0.5, 0.6) is 5.75 Å². The normalized spacial score (nSPS) is 21.3. The molecule has 1 aromatic rings. The summed E-state index contributed by atoms with van der Waals surface area (Å²) in [4.78, 5) is 0. The van der Waals surface area contributed by atoms with Crippen molar-refractivity contribution in [3.63, 3.8) is 0 Å². The zero-order valence-corrected chi connectivity index (χ0v) is 8.92. The van der Waals surface area contributed by atoms with Crippen LogP contribution in [0.25, 0.3) is 0 Å². The number of rotatable bonds is 2. The molecule has 0 saturated carbocycles. The van der Waals surface area contributed by atoms with Gasteiger partial charge in [-0.2, -0.15) is 0 Å². The van der Waals surface area contributed by atoms with E-state index >= 15 is 0 Å². The molecule has 0 aliphatic carbocycles. The fourth-order valence-electron chi connectivity index (χ4n) is 2.12. The van der Waals surface area contributed by atoms with Crippen LogP contribution in [0, 0.1) is 5.82 Å². The summed E-state index contributed by atoms with van der Waals surface area (Å²) < 4.78 is 18.9. The van der Waals surface area contributed by atoms with Gasteiger partial charge in [-0.1, -0.05) is 12.1 Å². The van der Waals surface area contributed by atoms with E-state index < -0.39 is 0 Å². The fourth-order valence-corrected chi connectivity index (χ4v) is 2.12. The Morgan fingerprint density at radius 2 is 2.33 bits per heavy atom. The molecule has 0 unspecified atom stereocenters. The summed E-state index contributed by atoms with van der Waals surface area (Å²) in [6.45, 7) is 1.91. The lowest BCUT2D eigenvalue weighted by Gasteiger charge is -2.23. The topological polar surface area (TPSA) is 21.3 Å². The first-order valence-electron chi connectivity index (χ1n) is 5.36. The van der Waals surface area contributed by atoms with Gasteiger partial charge in [0.25, 0.3) is 0 Å². The van der Waals surface area contributed by atoms with Crippen LogP contribution in [0.4, 0.5) is 4.39 Å². The molecule has 3 heteroatoms. The number of ether oxygens (including phenoxy) is 1. The second-order valence-corrected chi connectivity index (χ2v) is 3.91. The molecule has 1 fully saturated rings. The SMILES string of the molecule is COc1cccc([C@H]2CCCNC2)c1F. The summed E-state index contributed by atoms with van der Waals surface area (Å²) in [6, 6.07) is 5.37. The highest BCUT2D eigenvalue weighted by Gasteiger charge is 2.20. The molecule has 0 bridgehead atoms. The minimum Gasteiger partial charge on any atom is -0.494 e. The Hall–Kier alpha value is -1.09. The van der Waals surface area contributed by atoms with Gasteiger partial charge >= 0.3 is 0 Å². The van der Waals surface area contributed by atoms with Gasteiger partial charge < -0.3 is 10.1 Å². The zero-order valence-electron chi connectivity index (χ0n) is 8.92. The van der Waals surface area contributed by atoms with Crippen LogP contribution in [-0.4, -0.2) is 20.2 Å². The molecule has 2 rings (SSSR count). The maximum Gasteiger partial charge on any atom is 0.168 e. The van der Waals surface area contributed by atoms with Crippen molar-refractivity contribution in [1.82, 2.24) is 5.32 Å². The van der Waals surface area contributed by atoms with Crippen LogP contribution in [0.3, 0.4) is 0 Å². The monoisotopic (exact) mass is 209 g/mol. The number of hydrogen-bond acceptors (Lipinski definition) is 2. The summed E-state index contributed by atoms with van der Waals surface area (Å²) in [5, 5.41) is 3.29. The van der Waals surface area contributed by atoms with Gasteiger partial charge in [-0.3, -0.25) is 0 Å². The van der Waals surface area contributed by atoms with Crippen molar-refractivity contribution in [2.24, 2.45) is 0 Å². The summed E-state index contributed by atoms with van der Waals surface area (Å²) in [5.41, 5.74) is 0.779. The molecular weight excluding hydrogens is 193 g/mol. The maximum absolute atomic E-state index is 13.9. The minimum absolute atomic E-state index is 0.200. The molecule has 1 aromatic carbocycles. The number of halogens is 1. The molecule has 2 nitrogen and oxygen atoms in total. The van der Waals surface area contributed by atoms with Gasteiger partial charge in [0.1, 0.15) is 0 Å². The van der Waals surface area contributed by atoms with Gasteiger partial charge in [-0.25, -0.2) is 4.39 Å². The van der Waals surface area contributed by atoms with Gasteiger partial charge in [0.15, 0.2) is 11.6 Å². The zero-order chi connectivity index (χ0) is 10.7. The molecule has 0 spiro atoms. The highest BCUT2D eigenvalue weighted by molar-refractivity contribution is 5.33. The van der Waals surface area contributed by atoms with E-state index in [1.807, 2.05) is 12.1 Å². The van der Waals surface area contributed by atoms with Crippen molar-refractivity contribution in [3.8, 4) is 5.75 Å².